The van der Waals surface area contributed by atoms with Gasteiger partial charge < -0.3 is 9.84 Å². The number of hydrogen-bond donors (Lipinski definition) is 1. The molecule has 1 N–H and O–H groups in total. The largest absolute Gasteiger partial charge is 0.391 e. The van der Waals surface area contributed by atoms with E-state index < -0.39 is 0 Å². The van der Waals surface area contributed by atoms with Crippen LogP contribution in [0.2, 0.25) is 0 Å². The zero-order valence-electron chi connectivity index (χ0n) is 9.75. The third kappa shape index (κ3) is 3.97. The number of aliphatic hydroxyl groups excluding tert-OH is 1. The molecule has 1 unspecified atom stereocenters. The molecule has 0 heterocycles. The summed E-state index contributed by atoms with van der Waals surface area (Å²) in [6, 6.07) is 0. The molecule has 14 heavy (non-hydrogen) atoms. The van der Waals surface area contributed by atoms with Gasteiger partial charge in [0.25, 0.3) is 0 Å². The second-order valence-electron chi connectivity index (χ2n) is 5.26. The first-order valence-corrected chi connectivity index (χ1v) is 5.83. The Morgan fingerprint density at radius 1 is 1.36 bits per heavy atom. The zero-order chi connectivity index (χ0) is 10.6. The maximum absolute atomic E-state index is 9.37. The maximum atomic E-state index is 9.37. The number of hydrogen-bond acceptors (Lipinski definition) is 2. The Bertz CT molecular complexity index is 156. The molecule has 2 nitrogen and oxygen atoms in total. The molecule has 84 valence electrons. The molecule has 0 bridgehead atoms. The van der Waals surface area contributed by atoms with Crippen LogP contribution in [0.25, 0.3) is 0 Å². The Labute approximate surface area is 87.7 Å². The third-order valence-electron chi connectivity index (χ3n) is 3.28. The minimum atomic E-state index is -0.273. The Hall–Kier alpha value is -0.0800. The van der Waals surface area contributed by atoms with Crippen molar-refractivity contribution in [3.63, 3.8) is 0 Å². The van der Waals surface area contributed by atoms with E-state index in [0.29, 0.717) is 18.1 Å². The molecule has 0 spiro atoms. The van der Waals surface area contributed by atoms with E-state index >= 15 is 0 Å². The molecule has 0 aromatic rings. The van der Waals surface area contributed by atoms with Crippen molar-refractivity contribution in [2.45, 2.75) is 65.1 Å². The second kappa shape index (κ2) is 5.13. The lowest BCUT2D eigenvalue weighted by Crippen LogP contribution is -2.28. The number of aliphatic hydroxyl groups is 1. The average Bonchev–Trinajstić information content (AvgIpc) is 2.16. The summed E-state index contributed by atoms with van der Waals surface area (Å²) in [4.78, 5) is 0. The van der Waals surface area contributed by atoms with Crippen LogP contribution in [0.1, 0.15) is 52.9 Å². The van der Waals surface area contributed by atoms with E-state index in [1.54, 1.807) is 0 Å². The summed E-state index contributed by atoms with van der Waals surface area (Å²) < 4.78 is 5.68. The molecule has 1 fully saturated rings. The van der Waals surface area contributed by atoms with Gasteiger partial charge in [-0.05, 0) is 37.5 Å². The summed E-state index contributed by atoms with van der Waals surface area (Å²) in [7, 11) is 0. The predicted molar refractivity (Wildman–Crippen MR) is 58.3 cm³/mol. The second-order valence-corrected chi connectivity index (χ2v) is 5.26. The van der Waals surface area contributed by atoms with Gasteiger partial charge in [0.15, 0.2) is 0 Å². The molecule has 0 radical (unpaired) electrons. The van der Waals surface area contributed by atoms with Crippen molar-refractivity contribution in [2.75, 3.05) is 6.61 Å². The minimum Gasteiger partial charge on any atom is -0.391 e. The van der Waals surface area contributed by atoms with Crippen LogP contribution in [-0.2, 0) is 4.74 Å². The van der Waals surface area contributed by atoms with Crippen molar-refractivity contribution in [3.05, 3.63) is 0 Å². The molecular formula is C12H24O2. The number of ether oxygens (including phenoxy) is 1. The fourth-order valence-corrected chi connectivity index (χ4v) is 1.90. The van der Waals surface area contributed by atoms with E-state index in [1.165, 1.54) is 12.8 Å². The first-order chi connectivity index (χ1) is 6.53. The molecule has 1 rings (SSSR count). The topological polar surface area (TPSA) is 29.5 Å². The Morgan fingerprint density at radius 2 is 1.93 bits per heavy atom. The highest BCUT2D eigenvalue weighted by Crippen LogP contribution is 2.36. The highest BCUT2D eigenvalue weighted by atomic mass is 16.5. The normalized spacial score (nSPS) is 24.9. The predicted octanol–water partition coefficient (Wildman–Crippen LogP) is 2.74. The molecule has 0 amide bonds. The Balaban J connectivity index is 2.16. The van der Waals surface area contributed by atoms with Crippen molar-refractivity contribution < 1.29 is 9.84 Å². The Morgan fingerprint density at radius 3 is 2.43 bits per heavy atom. The van der Waals surface area contributed by atoms with Gasteiger partial charge in [-0.3, -0.25) is 0 Å². The van der Waals surface area contributed by atoms with E-state index in [-0.39, 0.29) is 6.10 Å². The van der Waals surface area contributed by atoms with E-state index in [9.17, 15) is 5.11 Å². The molecule has 0 aromatic heterocycles. The molecule has 0 aliphatic heterocycles. The molecule has 2 heteroatoms. The average molecular weight is 200 g/mol. The van der Waals surface area contributed by atoms with Crippen LogP contribution in [0.4, 0.5) is 0 Å². The lowest BCUT2D eigenvalue weighted by molar-refractivity contribution is -0.0377. The van der Waals surface area contributed by atoms with Crippen molar-refractivity contribution in [1.82, 2.24) is 0 Å². The van der Waals surface area contributed by atoms with Gasteiger partial charge >= 0.3 is 0 Å². The van der Waals surface area contributed by atoms with Crippen molar-refractivity contribution in [3.8, 4) is 0 Å². The number of rotatable bonds is 4. The minimum absolute atomic E-state index is 0.273. The van der Waals surface area contributed by atoms with Gasteiger partial charge in [-0.25, -0.2) is 0 Å². The molecular weight excluding hydrogens is 176 g/mol. The first kappa shape index (κ1) is 12.0. The molecule has 0 aromatic carbocycles. The monoisotopic (exact) mass is 200 g/mol. The van der Waals surface area contributed by atoms with Gasteiger partial charge in [-0.15, -0.1) is 0 Å². The van der Waals surface area contributed by atoms with Crippen LogP contribution >= 0.6 is 0 Å². The summed E-state index contributed by atoms with van der Waals surface area (Å²) in [5.74, 6) is 0. The maximum Gasteiger partial charge on any atom is 0.0771 e. The molecule has 0 saturated heterocycles. The quantitative estimate of drug-likeness (QED) is 0.756. The SMILES string of the molecule is CCC(O)COC1CCC(C)(C)CC1. The van der Waals surface area contributed by atoms with E-state index in [2.05, 4.69) is 13.8 Å². The van der Waals surface area contributed by atoms with Gasteiger partial charge in [-0.2, -0.15) is 0 Å². The summed E-state index contributed by atoms with van der Waals surface area (Å²) in [6.45, 7) is 7.15. The van der Waals surface area contributed by atoms with Crippen LogP contribution in [0, 0.1) is 5.41 Å². The van der Waals surface area contributed by atoms with Crippen molar-refractivity contribution in [1.29, 1.82) is 0 Å². The van der Waals surface area contributed by atoms with Gasteiger partial charge in [0, 0.05) is 0 Å². The fourth-order valence-electron chi connectivity index (χ4n) is 1.90. The molecule has 1 aliphatic carbocycles. The summed E-state index contributed by atoms with van der Waals surface area (Å²) >= 11 is 0. The molecule has 1 atom stereocenters. The van der Waals surface area contributed by atoms with Crippen LogP contribution in [0.5, 0.6) is 0 Å². The highest BCUT2D eigenvalue weighted by Gasteiger charge is 2.27. The van der Waals surface area contributed by atoms with E-state index in [0.717, 1.165) is 19.3 Å². The summed E-state index contributed by atoms with van der Waals surface area (Å²) in [5.41, 5.74) is 0.503. The summed E-state index contributed by atoms with van der Waals surface area (Å²) in [6.07, 6.45) is 5.72. The zero-order valence-corrected chi connectivity index (χ0v) is 9.75. The van der Waals surface area contributed by atoms with Gasteiger partial charge in [-0.1, -0.05) is 20.8 Å². The van der Waals surface area contributed by atoms with Crippen molar-refractivity contribution in [2.24, 2.45) is 5.41 Å². The lowest BCUT2D eigenvalue weighted by Gasteiger charge is -2.34. The van der Waals surface area contributed by atoms with E-state index in [1.807, 2.05) is 6.92 Å². The molecule has 1 aliphatic rings. The van der Waals surface area contributed by atoms with Crippen LogP contribution in [0.3, 0.4) is 0 Å². The van der Waals surface area contributed by atoms with Gasteiger partial charge in [0.2, 0.25) is 0 Å². The fraction of sp³-hybridized carbons (Fsp3) is 1.00. The third-order valence-corrected chi connectivity index (χ3v) is 3.28. The smallest absolute Gasteiger partial charge is 0.0771 e. The Kier molecular flexibility index (Phi) is 4.39. The summed E-state index contributed by atoms with van der Waals surface area (Å²) in [5, 5.41) is 9.37. The standard InChI is InChI=1S/C12H24O2/c1-4-10(13)9-14-11-5-7-12(2,3)8-6-11/h10-11,13H,4-9H2,1-3H3. The van der Waals surface area contributed by atoms with Crippen LogP contribution in [-0.4, -0.2) is 23.9 Å². The molecule has 1 saturated carbocycles. The van der Waals surface area contributed by atoms with Gasteiger partial charge in [0.1, 0.15) is 0 Å². The van der Waals surface area contributed by atoms with Crippen molar-refractivity contribution >= 4 is 0 Å². The highest BCUT2D eigenvalue weighted by molar-refractivity contribution is 4.78. The van der Waals surface area contributed by atoms with E-state index in [4.69, 9.17) is 4.74 Å². The van der Waals surface area contributed by atoms with Crippen LogP contribution < -0.4 is 0 Å². The lowest BCUT2D eigenvalue weighted by atomic mass is 9.76. The first-order valence-electron chi connectivity index (χ1n) is 5.83. The van der Waals surface area contributed by atoms with Crippen LogP contribution in [0.15, 0.2) is 0 Å². The van der Waals surface area contributed by atoms with Gasteiger partial charge in [0.05, 0.1) is 18.8 Å².